The number of aliphatic hydroxyl groups is 1. The van der Waals surface area contributed by atoms with Gasteiger partial charge in [0, 0.05) is 24.3 Å². The van der Waals surface area contributed by atoms with E-state index in [-0.39, 0.29) is 12.4 Å². The Kier molecular flexibility index (Phi) is 3.01. The summed E-state index contributed by atoms with van der Waals surface area (Å²) in [5.74, 6) is 0.448. The van der Waals surface area contributed by atoms with E-state index in [1.165, 1.54) is 12.1 Å². The fourth-order valence-corrected chi connectivity index (χ4v) is 1.59. The third-order valence-electron chi connectivity index (χ3n) is 2.45. The minimum Gasteiger partial charge on any atom is -0.396 e. The summed E-state index contributed by atoms with van der Waals surface area (Å²) >= 11 is 0. The lowest BCUT2D eigenvalue weighted by Gasteiger charge is -1.95. The van der Waals surface area contributed by atoms with E-state index in [0.29, 0.717) is 12.2 Å². The molecule has 2 N–H and O–H groups in total. The molecule has 0 aliphatic carbocycles. The highest BCUT2D eigenvalue weighted by molar-refractivity contribution is 5.55. The average Bonchev–Trinajstić information content (AvgIpc) is 2.62. The number of aliphatic hydroxyl groups excluding tert-OH is 1. The fourth-order valence-electron chi connectivity index (χ4n) is 1.59. The zero-order valence-corrected chi connectivity index (χ0v) is 9.00. The van der Waals surface area contributed by atoms with Crippen LogP contribution < -0.4 is 0 Å². The van der Waals surface area contributed by atoms with Crippen LogP contribution in [-0.2, 0) is 6.42 Å². The molecule has 0 fully saturated rings. The first-order valence-electron chi connectivity index (χ1n) is 5.13. The molecular formula is C12H13FN2O. The van der Waals surface area contributed by atoms with E-state index in [4.69, 9.17) is 5.11 Å². The van der Waals surface area contributed by atoms with Crippen molar-refractivity contribution in [3.63, 3.8) is 0 Å². The zero-order chi connectivity index (χ0) is 11.5. The molecule has 3 nitrogen and oxygen atoms in total. The Bertz CT molecular complexity index is 476. The zero-order valence-electron chi connectivity index (χ0n) is 9.00. The van der Waals surface area contributed by atoms with Crippen molar-refractivity contribution < 1.29 is 9.50 Å². The number of aromatic amines is 1. The van der Waals surface area contributed by atoms with E-state index >= 15 is 0 Å². The second-order valence-electron chi connectivity index (χ2n) is 3.64. The SMILES string of the molecule is Cc1[nH]c(-c2ccc(F)cc2)nc1CCO. The van der Waals surface area contributed by atoms with Crippen molar-refractivity contribution in [2.75, 3.05) is 6.61 Å². The summed E-state index contributed by atoms with van der Waals surface area (Å²) < 4.78 is 12.7. The van der Waals surface area contributed by atoms with Crippen molar-refractivity contribution in [3.05, 3.63) is 41.5 Å². The largest absolute Gasteiger partial charge is 0.396 e. The van der Waals surface area contributed by atoms with Gasteiger partial charge in [-0.3, -0.25) is 0 Å². The second kappa shape index (κ2) is 4.45. The lowest BCUT2D eigenvalue weighted by atomic mass is 10.2. The molecule has 0 saturated heterocycles. The first kappa shape index (κ1) is 10.8. The normalized spacial score (nSPS) is 10.7. The molecule has 0 spiro atoms. The molecule has 0 saturated carbocycles. The third-order valence-corrected chi connectivity index (χ3v) is 2.45. The van der Waals surface area contributed by atoms with E-state index in [1.54, 1.807) is 12.1 Å². The van der Waals surface area contributed by atoms with Crippen LogP contribution in [0.2, 0.25) is 0 Å². The molecule has 0 bridgehead atoms. The van der Waals surface area contributed by atoms with Gasteiger partial charge in [0.2, 0.25) is 0 Å². The summed E-state index contributed by atoms with van der Waals surface area (Å²) in [6.07, 6.45) is 0.531. The summed E-state index contributed by atoms with van der Waals surface area (Å²) in [5.41, 5.74) is 2.63. The summed E-state index contributed by atoms with van der Waals surface area (Å²) in [7, 11) is 0. The number of nitrogens with zero attached hydrogens (tertiary/aromatic N) is 1. The van der Waals surface area contributed by atoms with Crippen LogP contribution in [0.25, 0.3) is 11.4 Å². The third kappa shape index (κ3) is 2.12. The molecule has 0 amide bonds. The van der Waals surface area contributed by atoms with Crippen molar-refractivity contribution >= 4 is 0 Å². The Labute approximate surface area is 93.0 Å². The number of hydrogen-bond donors (Lipinski definition) is 2. The van der Waals surface area contributed by atoms with E-state index in [9.17, 15) is 4.39 Å². The maximum Gasteiger partial charge on any atom is 0.137 e. The van der Waals surface area contributed by atoms with Gasteiger partial charge in [0.05, 0.1) is 5.69 Å². The Hall–Kier alpha value is -1.68. The van der Waals surface area contributed by atoms with Crippen LogP contribution in [0.15, 0.2) is 24.3 Å². The van der Waals surface area contributed by atoms with Crippen LogP contribution in [0.4, 0.5) is 4.39 Å². The molecule has 16 heavy (non-hydrogen) atoms. The number of H-pyrrole nitrogens is 1. The molecule has 1 aromatic heterocycles. The van der Waals surface area contributed by atoms with Gasteiger partial charge in [-0.1, -0.05) is 0 Å². The molecule has 0 unspecified atom stereocenters. The van der Waals surface area contributed by atoms with Crippen molar-refractivity contribution in [2.24, 2.45) is 0 Å². The van der Waals surface area contributed by atoms with Crippen molar-refractivity contribution in [3.8, 4) is 11.4 Å². The molecular weight excluding hydrogens is 207 g/mol. The highest BCUT2D eigenvalue weighted by Gasteiger charge is 2.07. The molecule has 0 atom stereocenters. The van der Waals surface area contributed by atoms with Crippen LogP contribution in [0.5, 0.6) is 0 Å². The van der Waals surface area contributed by atoms with Crippen LogP contribution >= 0.6 is 0 Å². The summed E-state index contributed by atoms with van der Waals surface area (Å²) in [5, 5.41) is 8.86. The maximum absolute atomic E-state index is 12.7. The van der Waals surface area contributed by atoms with Gasteiger partial charge in [0.1, 0.15) is 11.6 Å². The minimum absolute atomic E-state index is 0.0779. The van der Waals surface area contributed by atoms with Crippen molar-refractivity contribution in [2.45, 2.75) is 13.3 Å². The van der Waals surface area contributed by atoms with E-state index < -0.39 is 0 Å². The van der Waals surface area contributed by atoms with Crippen molar-refractivity contribution in [1.82, 2.24) is 9.97 Å². The Morgan fingerprint density at radius 1 is 1.31 bits per heavy atom. The number of halogens is 1. The number of aromatic nitrogens is 2. The maximum atomic E-state index is 12.7. The fraction of sp³-hybridized carbons (Fsp3) is 0.250. The Balaban J connectivity index is 2.33. The average molecular weight is 220 g/mol. The van der Waals surface area contributed by atoms with E-state index in [0.717, 1.165) is 17.0 Å². The Morgan fingerprint density at radius 2 is 2.00 bits per heavy atom. The smallest absolute Gasteiger partial charge is 0.137 e. The van der Waals surface area contributed by atoms with Crippen LogP contribution in [0.3, 0.4) is 0 Å². The van der Waals surface area contributed by atoms with Gasteiger partial charge in [-0.15, -0.1) is 0 Å². The quantitative estimate of drug-likeness (QED) is 0.831. The van der Waals surface area contributed by atoms with Crippen LogP contribution in [0, 0.1) is 12.7 Å². The van der Waals surface area contributed by atoms with Gasteiger partial charge < -0.3 is 10.1 Å². The number of imidazole rings is 1. The van der Waals surface area contributed by atoms with Gasteiger partial charge in [-0.2, -0.15) is 0 Å². The monoisotopic (exact) mass is 220 g/mol. The van der Waals surface area contributed by atoms with E-state index in [1.807, 2.05) is 6.92 Å². The molecule has 84 valence electrons. The van der Waals surface area contributed by atoms with Crippen molar-refractivity contribution in [1.29, 1.82) is 0 Å². The van der Waals surface area contributed by atoms with Gasteiger partial charge in [-0.05, 0) is 31.2 Å². The first-order valence-corrected chi connectivity index (χ1v) is 5.13. The Morgan fingerprint density at radius 3 is 2.62 bits per heavy atom. The summed E-state index contributed by atoms with van der Waals surface area (Å²) in [4.78, 5) is 7.48. The van der Waals surface area contributed by atoms with Gasteiger partial charge in [-0.25, -0.2) is 9.37 Å². The molecule has 0 radical (unpaired) electrons. The lowest BCUT2D eigenvalue weighted by molar-refractivity contribution is 0.298. The lowest BCUT2D eigenvalue weighted by Crippen LogP contribution is -1.92. The number of aryl methyl sites for hydroxylation is 1. The second-order valence-corrected chi connectivity index (χ2v) is 3.64. The predicted molar refractivity (Wildman–Crippen MR) is 59.5 cm³/mol. The van der Waals surface area contributed by atoms with Crippen LogP contribution in [-0.4, -0.2) is 21.7 Å². The van der Waals surface area contributed by atoms with E-state index in [2.05, 4.69) is 9.97 Å². The van der Waals surface area contributed by atoms with Gasteiger partial charge in [0.15, 0.2) is 0 Å². The number of rotatable bonds is 3. The molecule has 0 aliphatic heterocycles. The van der Waals surface area contributed by atoms with Gasteiger partial charge in [0.25, 0.3) is 0 Å². The molecule has 2 aromatic rings. The number of benzene rings is 1. The molecule has 4 heteroatoms. The number of hydrogen-bond acceptors (Lipinski definition) is 2. The minimum atomic E-state index is -0.261. The molecule has 1 heterocycles. The predicted octanol–water partition coefficient (Wildman–Crippen LogP) is 2.06. The summed E-state index contributed by atoms with van der Waals surface area (Å²) in [6, 6.07) is 6.16. The highest BCUT2D eigenvalue weighted by Crippen LogP contribution is 2.18. The molecule has 2 rings (SSSR count). The summed E-state index contributed by atoms with van der Waals surface area (Å²) in [6.45, 7) is 1.99. The van der Waals surface area contributed by atoms with Gasteiger partial charge >= 0.3 is 0 Å². The number of nitrogens with one attached hydrogen (secondary N) is 1. The molecule has 1 aromatic carbocycles. The standard InChI is InChI=1S/C12H13FN2O/c1-8-11(6-7-16)15-12(14-8)9-2-4-10(13)5-3-9/h2-5,16H,6-7H2,1H3,(H,14,15). The highest BCUT2D eigenvalue weighted by atomic mass is 19.1. The topological polar surface area (TPSA) is 48.9 Å². The molecule has 0 aliphatic rings. The van der Waals surface area contributed by atoms with Crippen LogP contribution in [0.1, 0.15) is 11.4 Å². The first-order chi connectivity index (χ1) is 7.70.